The van der Waals surface area contributed by atoms with Crippen LogP contribution in [0.4, 0.5) is 0 Å². The maximum Gasteiger partial charge on any atom is 0.0781 e. The van der Waals surface area contributed by atoms with E-state index in [1.807, 2.05) is 18.2 Å². The Morgan fingerprint density at radius 1 is 0.947 bits per heavy atom. The van der Waals surface area contributed by atoms with Crippen molar-refractivity contribution in [2.45, 2.75) is 26.5 Å². The minimum absolute atomic E-state index is 0.945. The number of thioether (sulfide) groups is 1. The zero-order valence-electron chi connectivity index (χ0n) is 11.6. The molecule has 98 valence electrons. The summed E-state index contributed by atoms with van der Waals surface area (Å²) < 4.78 is 0.971. The maximum absolute atomic E-state index is 5.48. The normalized spacial score (nSPS) is 10.5. The quantitative estimate of drug-likeness (QED) is 0.709. The Bertz CT molecular complexity index is 586. The summed E-state index contributed by atoms with van der Waals surface area (Å²) in [5.74, 6) is 0.945. The molecular weight excluding hydrogens is 268 g/mol. The van der Waals surface area contributed by atoms with E-state index in [4.69, 9.17) is 12.2 Å². The van der Waals surface area contributed by atoms with Gasteiger partial charge in [-0.25, -0.2) is 0 Å². The molecule has 0 aromatic heterocycles. The van der Waals surface area contributed by atoms with Crippen molar-refractivity contribution in [2.75, 3.05) is 0 Å². The van der Waals surface area contributed by atoms with Crippen molar-refractivity contribution in [1.29, 1.82) is 0 Å². The van der Waals surface area contributed by atoms with Crippen LogP contribution >= 0.6 is 24.0 Å². The molecule has 2 rings (SSSR count). The smallest absolute Gasteiger partial charge is 0.0781 e. The Morgan fingerprint density at radius 3 is 2.26 bits per heavy atom. The first-order valence-corrected chi connectivity index (χ1v) is 7.76. The van der Waals surface area contributed by atoms with Gasteiger partial charge in [0.25, 0.3) is 0 Å². The molecule has 2 aromatic carbocycles. The average molecular weight is 286 g/mol. The molecule has 0 atom stereocenters. The third kappa shape index (κ3) is 3.68. The topological polar surface area (TPSA) is 0 Å². The zero-order valence-corrected chi connectivity index (χ0v) is 13.2. The highest BCUT2D eigenvalue weighted by Crippen LogP contribution is 2.23. The minimum Gasteiger partial charge on any atom is -0.109 e. The molecule has 0 aliphatic rings. The van der Waals surface area contributed by atoms with Gasteiger partial charge in [-0.1, -0.05) is 54.7 Å². The van der Waals surface area contributed by atoms with Crippen molar-refractivity contribution in [3.8, 4) is 0 Å². The van der Waals surface area contributed by atoms with Crippen molar-refractivity contribution in [1.82, 2.24) is 0 Å². The van der Waals surface area contributed by atoms with Gasteiger partial charge in [-0.2, -0.15) is 0 Å². The second kappa shape index (κ2) is 6.36. The third-order valence-corrected chi connectivity index (χ3v) is 4.86. The van der Waals surface area contributed by atoms with Crippen LogP contribution in [0.15, 0.2) is 42.5 Å². The molecule has 0 aliphatic carbocycles. The molecule has 0 spiro atoms. The van der Waals surface area contributed by atoms with Gasteiger partial charge in [-0.15, -0.1) is 11.8 Å². The van der Waals surface area contributed by atoms with Crippen molar-refractivity contribution >= 4 is 28.2 Å². The molecule has 0 fully saturated rings. The highest BCUT2D eigenvalue weighted by molar-refractivity contribution is 8.23. The van der Waals surface area contributed by atoms with Crippen LogP contribution in [-0.4, -0.2) is 4.20 Å². The monoisotopic (exact) mass is 286 g/mol. The lowest BCUT2D eigenvalue weighted by molar-refractivity contribution is 1.23. The number of rotatable bonds is 3. The summed E-state index contributed by atoms with van der Waals surface area (Å²) in [6.07, 6.45) is 0. The Morgan fingerprint density at radius 2 is 1.58 bits per heavy atom. The van der Waals surface area contributed by atoms with E-state index in [2.05, 4.69) is 45.0 Å². The largest absolute Gasteiger partial charge is 0.109 e. The fourth-order valence-electron chi connectivity index (χ4n) is 1.98. The molecular formula is C17H18S2. The molecule has 0 nitrogen and oxygen atoms in total. The molecule has 19 heavy (non-hydrogen) atoms. The molecule has 0 unspecified atom stereocenters. The standard InChI is InChI=1S/C17H18S2/c1-12-9-14(3)16(10-13(12)2)11-19-17(18)15-7-5-4-6-8-15/h4-10H,11H2,1-3H3. The number of thiocarbonyl (C=S) groups is 1. The Labute approximate surface area is 125 Å². The lowest BCUT2D eigenvalue weighted by Gasteiger charge is -2.10. The summed E-state index contributed by atoms with van der Waals surface area (Å²) in [6, 6.07) is 14.8. The molecule has 2 aromatic rings. The number of aryl methyl sites for hydroxylation is 3. The van der Waals surface area contributed by atoms with E-state index < -0.39 is 0 Å². The van der Waals surface area contributed by atoms with Crippen molar-refractivity contribution in [3.63, 3.8) is 0 Å². The van der Waals surface area contributed by atoms with Gasteiger partial charge in [0, 0.05) is 5.75 Å². The molecule has 0 saturated carbocycles. The molecule has 0 heterocycles. The van der Waals surface area contributed by atoms with Crippen LogP contribution < -0.4 is 0 Å². The summed E-state index contributed by atoms with van der Waals surface area (Å²) in [7, 11) is 0. The number of hydrogen-bond acceptors (Lipinski definition) is 2. The van der Waals surface area contributed by atoms with Gasteiger partial charge in [0.2, 0.25) is 0 Å². The second-order valence-corrected chi connectivity index (χ2v) is 6.46. The molecule has 0 amide bonds. The van der Waals surface area contributed by atoms with Crippen molar-refractivity contribution in [2.24, 2.45) is 0 Å². The fraction of sp³-hybridized carbons (Fsp3) is 0.235. The SMILES string of the molecule is Cc1cc(C)c(CSC(=S)c2ccccc2)cc1C. The summed E-state index contributed by atoms with van der Waals surface area (Å²) in [4.78, 5) is 0. The van der Waals surface area contributed by atoms with Gasteiger partial charge in [-0.05, 0) is 48.6 Å². The Balaban J connectivity index is 2.07. The molecule has 0 N–H and O–H groups in total. The van der Waals surface area contributed by atoms with E-state index in [9.17, 15) is 0 Å². The zero-order chi connectivity index (χ0) is 13.8. The van der Waals surface area contributed by atoms with Gasteiger partial charge >= 0.3 is 0 Å². The number of benzene rings is 2. The Kier molecular flexibility index (Phi) is 4.78. The van der Waals surface area contributed by atoms with Crippen LogP contribution in [0.1, 0.15) is 27.8 Å². The molecule has 2 heteroatoms. The summed E-state index contributed by atoms with van der Waals surface area (Å²) in [5.41, 5.74) is 6.59. The average Bonchev–Trinajstić information content (AvgIpc) is 2.42. The predicted molar refractivity (Wildman–Crippen MR) is 90.1 cm³/mol. The van der Waals surface area contributed by atoms with E-state index in [1.165, 1.54) is 22.3 Å². The summed E-state index contributed by atoms with van der Waals surface area (Å²) >= 11 is 7.23. The van der Waals surface area contributed by atoms with Gasteiger partial charge in [-0.3, -0.25) is 0 Å². The van der Waals surface area contributed by atoms with Crippen molar-refractivity contribution < 1.29 is 0 Å². The third-order valence-electron chi connectivity index (χ3n) is 3.32. The van der Waals surface area contributed by atoms with Crippen LogP contribution in [0.5, 0.6) is 0 Å². The van der Waals surface area contributed by atoms with Crippen LogP contribution in [-0.2, 0) is 5.75 Å². The van der Waals surface area contributed by atoms with Gasteiger partial charge in [0.1, 0.15) is 0 Å². The molecule has 0 bridgehead atoms. The van der Waals surface area contributed by atoms with Crippen molar-refractivity contribution in [3.05, 3.63) is 70.3 Å². The minimum atomic E-state index is 0.945. The van der Waals surface area contributed by atoms with Crippen LogP contribution in [0.25, 0.3) is 0 Å². The lowest BCUT2D eigenvalue weighted by Crippen LogP contribution is -1.95. The Hall–Kier alpha value is -1.12. The first-order chi connectivity index (χ1) is 9.08. The van der Waals surface area contributed by atoms with Crippen LogP contribution in [0, 0.1) is 20.8 Å². The highest BCUT2D eigenvalue weighted by Gasteiger charge is 2.05. The first-order valence-electron chi connectivity index (χ1n) is 6.37. The van der Waals surface area contributed by atoms with Gasteiger partial charge < -0.3 is 0 Å². The molecule has 0 aliphatic heterocycles. The number of hydrogen-bond donors (Lipinski definition) is 0. The van der Waals surface area contributed by atoms with Gasteiger partial charge in [0.05, 0.1) is 4.20 Å². The fourth-order valence-corrected chi connectivity index (χ4v) is 3.19. The molecule has 0 saturated heterocycles. The van der Waals surface area contributed by atoms with Crippen LogP contribution in [0.2, 0.25) is 0 Å². The summed E-state index contributed by atoms with van der Waals surface area (Å²) in [5, 5.41) is 0. The van der Waals surface area contributed by atoms with E-state index in [-0.39, 0.29) is 0 Å². The highest BCUT2D eigenvalue weighted by atomic mass is 32.2. The van der Waals surface area contributed by atoms with Gasteiger partial charge in [0.15, 0.2) is 0 Å². The second-order valence-electron chi connectivity index (χ2n) is 4.81. The summed E-state index contributed by atoms with van der Waals surface area (Å²) in [6.45, 7) is 6.50. The predicted octanol–water partition coefficient (Wildman–Crippen LogP) is 5.22. The van der Waals surface area contributed by atoms with Crippen LogP contribution in [0.3, 0.4) is 0 Å². The molecule has 0 radical (unpaired) electrons. The maximum atomic E-state index is 5.48. The van der Waals surface area contributed by atoms with E-state index in [0.29, 0.717) is 0 Å². The van der Waals surface area contributed by atoms with E-state index in [1.54, 1.807) is 11.8 Å². The first kappa shape index (κ1) is 14.3. The van der Waals surface area contributed by atoms with E-state index >= 15 is 0 Å². The van der Waals surface area contributed by atoms with E-state index in [0.717, 1.165) is 15.5 Å². The lowest BCUT2D eigenvalue weighted by atomic mass is 10.0.